The maximum absolute atomic E-state index is 13.6. The molecule has 30 heavy (non-hydrogen) atoms. The molecule has 1 unspecified atom stereocenters. The zero-order chi connectivity index (χ0) is 21.9. The van der Waals surface area contributed by atoms with Gasteiger partial charge in [-0.2, -0.15) is 0 Å². The number of ether oxygens (including phenoxy) is 1. The van der Waals surface area contributed by atoms with Crippen LogP contribution < -0.4 is 15.0 Å². The number of halogens is 5. The topological polar surface area (TPSA) is 58.6 Å². The van der Waals surface area contributed by atoms with Gasteiger partial charge in [0.2, 0.25) is 11.8 Å². The molecular formula is C20H15F5N2O3. The van der Waals surface area contributed by atoms with Gasteiger partial charge in [-0.1, -0.05) is 12.1 Å². The van der Waals surface area contributed by atoms with Gasteiger partial charge in [-0.3, -0.25) is 9.59 Å². The van der Waals surface area contributed by atoms with E-state index in [4.69, 9.17) is 0 Å². The van der Waals surface area contributed by atoms with Crippen LogP contribution in [0.2, 0.25) is 0 Å². The zero-order valence-corrected chi connectivity index (χ0v) is 15.2. The largest absolute Gasteiger partial charge is 0.573 e. The number of hydrogen-bond donors (Lipinski definition) is 1. The highest BCUT2D eigenvalue weighted by molar-refractivity contribution is 6.03. The lowest BCUT2D eigenvalue weighted by atomic mass is 10.2. The van der Waals surface area contributed by atoms with E-state index in [2.05, 4.69) is 10.1 Å². The summed E-state index contributed by atoms with van der Waals surface area (Å²) in [6.45, 7) is 0.158. The number of anilines is 1. The zero-order valence-electron chi connectivity index (χ0n) is 15.2. The molecule has 1 atom stereocenters. The van der Waals surface area contributed by atoms with Gasteiger partial charge >= 0.3 is 6.36 Å². The van der Waals surface area contributed by atoms with E-state index >= 15 is 0 Å². The van der Waals surface area contributed by atoms with Gasteiger partial charge in [0.1, 0.15) is 23.4 Å². The van der Waals surface area contributed by atoms with E-state index in [1.54, 1.807) is 0 Å². The number of rotatable bonds is 5. The van der Waals surface area contributed by atoms with Crippen LogP contribution in [-0.4, -0.2) is 30.8 Å². The Hall–Kier alpha value is -3.43. The molecule has 10 heteroatoms. The summed E-state index contributed by atoms with van der Waals surface area (Å²) < 4.78 is 68.1. The molecule has 2 aromatic carbocycles. The average Bonchev–Trinajstić information content (AvgIpc) is 3.00. The Morgan fingerprint density at radius 2 is 1.80 bits per heavy atom. The Kier molecular flexibility index (Phi) is 6.04. The van der Waals surface area contributed by atoms with Crippen LogP contribution in [0.1, 0.15) is 12.0 Å². The van der Waals surface area contributed by atoms with Crippen LogP contribution in [0.4, 0.5) is 27.6 Å². The molecule has 158 valence electrons. The van der Waals surface area contributed by atoms with Crippen LogP contribution in [0, 0.1) is 11.6 Å². The summed E-state index contributed by atoms with van der Waals surface area (Å²) in [5.74, 6) is -3.44. The first-order chi connectivity index (χ1) is 14.1. The van der Waals surface area contributed by atoms with Crippen molar-refractivity contribution in [1.29, 1.82) is 0 Å². The highest BCUT2D eigenvalue weighted by Crippen LogP contribution is 2.29. The monoisotopic (exact) mass is 426 g/mol. The highest BCUT2D eigenvalue weighted by Gasteiger charge is 2.34. The first kappa shape index (κ1) is 21.3. The maximum Gasteiger partial charge on any atom is 0.573 e. The van der Waals surface area contributed by atoms with Crippen LogP contribution in [0.25, 0.3) is 6.08 Å². The molecule has 1 aliphatic rings. The smallest absolute Gasteiger partial charge is 0.406 e. The fourth-order valence-corrected chi connectivity index (χ4v) is 2.97. The third-order valence-corrected chi connectivity index (χ3v) is 4.29. The molecule has 1 heterocycles. The average molecular weight is 426 g/mol. The standard InChI is InChI=1S/C20H15F5N2O3/c21-15-5-2-6-16(22)14(15)7-8-18(28)26-17-9-10-27(19(17)29)12-3-1-4-13(11-12)30-20(23,24)25/h1-8,11,17H,9-10H2,(H,26,28). The molecule has 0 saturated carbocycles. The van der Waals surface area contributed by atoms with E-state index in [9.17, 15) is 31.5 Å². The van der Waals surface area contributed by atoms with Crippen LogP contribution in [0.3, 0.4) is 0 Å². The number of carbonyl (C=O) groups is 2. The number of nitrogens with zero attached hydrogens (tertiary/aromatic N) is 1. The number of amides is 2. The van der Waals surface area contributed by atoms with E-state index < -0.39 is 47.2 Å². The van der Waals surface area contributed by atoms with Crippen molar-refractivity contribution in [3.05, 3.63) is 65.7 Å². The summed E-state index contributed by atoms with van der Waals surface area (Å²) in [5, 5.41) is 2.42. The summed E-state index contributed by atoms with van der Waals surface area (Å²) in [4.78, 5) is 25.8. The molecule has 5 nitrogen and oxygen atoms in total. The molecule has 0 spiro atoms. The van der Waals surface area contributed by atoms with E-state index in [1.165, 1.54) is 23.1 Å². The van der Waals surface area contributed by atoms with Crippen molar-refractivity contribution in [3.8, 4) is 5.75 Å². The van der Waals surface area contributed by atoms with Crippen molar-refractivity contribution in [1.82, 2.24) is 5.32 Å². The third kappa shape index (κ3) is 5.13. The maximum atomic E-state index is 13.6. The first-order valence-corrected chi connectivity index (χ1v) is 8.74. The summed E-state index contributed by atoms with van der Waals surface area (Å²) >= 11 is 0. The van der Waals surface area contributed by atoms with Crippen LogP contribution in [0.5, 0.6) is 5.75 Å². The second-order valence-electron chi connectivity index (χ2n) is 6.35. The van der Waals surface area contributed by atoms with Gasteiger partial charge < -0.3 is 15.0 Å². The van der Waals surface area contributed by atoms with Crippen molar-refractivity contribution < 1.29 is 36.3 Å². The Morgan fingerprint density at radius 1 is 1.13 bits per heavy atom. The molecular weight excluding hydrogens is 411 g/mol. The second kappa shape index (κ2) is 8.52. The summed E-state index contributed by atoms with van der Waals surface area (Å²) in [6.07, 6.45) is -2.81. The van der Waals surface area contributed by atoms with Crippen molar-refractivity contribution in [2.75, 3.05) is 11.4 Å². The number of hydrogen-bond acceptors (Lipinski definition) is 3. The van der Waals surface area contributed by atoms with Gasteiger partial charge in [-0.25, -0.2) is 8.78 Å². The molecule has 0 radical (unpaired) electrons. The fourth-order valence-electron chi connectivity index (χ4n) is 2.97. The van der Waals surface area contributed by atoms with Gasteiger partial charge in [0.25, 0.3) is 0 Å². The number of nitrogens with one attached hydrogen (secondary N) is 1. The van der Waals surface area contributed by atoms with Gasteiger partial charge in [0, 0.05) is 29.9 Å². The van der Waals surface area contributed by atoms with E-state index in [0.717, 1.165) is 36.4 Å². The minimum absolute atomic E-state index is 0.158. The lowest BCUT2D eigenvalue weighted by Gasteiger charge is -2.18. The third-order valence-electron chi connectivity index (χ3n) is 4.29. The van der Waals surface area contributed by atoms with Crippen LogP contribution >= 0.6 is 0 Å². The molecule has 2 amide bonds. The predicted molar refractivity (Wildman–Crippen MR) is 97.4 cm³/mol. The Morgan fingerprint density at radius 3 is 2.47 bits per heavy atom. The van der Waals surface area contributed by atoms with E-state index in [1.807, 2.05) is 0 Å². The van der Waals surface area contributed by atoms with Crippen LogP contribution in [0.15, 0.2) is 48.5 Å². The highest BCUT2D eigenvalue weighted by atomic mass is 19.4. The number of carbonyl (C=O) groups excluding carboxylic acids is 2. The van der Waals surface area contributed by atoms with Crippen molar-refractivity contribution in [3.63, 3.8) is 0 Å². The summed E-state index contributed by atoms with van der Waals surface area (Å²) in [6, 6.07) is 7.24. The van der Waals surface area contributed by atoms with Gasteiger partial charge in [-0.15, -0.1) is 13.2 Å². The van der Waals surface area contributed by atoms with E-state index in [0.29, 0.717) is 0 Å². The minimum Gasteiger partial charge on any atom is -0.406 e. The SMILES string of the molecule is O=C(C=Cc1c(F)cccc1F)NC1CCN(c2cccc(OC(F)(F)F)c2)C1=O. The Labute approximate surface area is 167 Å². The molecule has 3 rings (SSSR count). The second-order valence-corrected chi connectivity index (χ2v) is 6.35. The molecule has 0 bridgehead atoms. The number of benzene rings is 2. The molecule has 1 fully saturated rings. The summed E-state index contributed by atoms with van der Waals surface area (Å²) in [7, 11) is 0. The minimum atomic E-state index is -4.87. The molecule has 1 saturated heterocycles. The van der Waals surface area contributed by atoms with E-state index in [-0.39, 0.29) is 18.7 Å². The molecule has 1 aliphatic heterocycles. The normalized spacial score (nSPS) is 16.9. The quantitative estimate of drug-likeness (QED) is 0.585. The Bertz CT molecular complexity index is 970. The van der Waals surface area contributed by atoms with Gasteiger partial charge in [-0.05, 0) is 36.8 Å². The van der Waals surface area contributed by atoms with Crippen molar-refractivity contribution >= 4 is 23.6 Å². The molecule has 2 aromatic rings. The van der Waals surface area contributed by atoms with Gasteiger partial charge in [0.05, 0.1) is 0 Å². The van der Waals surface area contributed by atoms with Crippen LogP contribution in [-0.2, 0) is 9.59 Å². The number of alkyl halides is 3. The molecule has 1 N–H and O–H groups in total. The predicted octanol–water partition coefficient (Wildman–Crippen LogP) is 3.80. The van der Waals surface area contributed by atoms with Gasteiger partial charge in [0.15, 0.2) is 0 Å². The Balaban J connectivity index is 1.65. The lowest BCUT2D eigenvalue weighted by molar-refractivity contribution is -0.274. The van der Waals surface area contributed by atoms with Crippen molar-refractivity contribution in [2.45, 2.75) is 18.8 Å². The lowest BCUT2D eigenvalue weighted by Crippen LogP contribution is -2.40. The first-order valence-electron chi connectivity index (χ1n) is 8.74. The summed E-state index contributed by atoms with van der Waals surface area (Å²) in [5.41, 5.74) is -0.212. The molecule has 0 aromatic heterocycles. The molecule has 0 aliphatic carbocycles. The van der Waals surface area contributed by atoms with Crippen molar-refractivity contribution in [2.24, 2.45) is 0 Å². The fraction of sp³-hybridized carbons (Fsp3) is 0.200.